The molecule has 0 amide bonds. The number of hydrogen-bond acceptors (Lipinski definition) is 1. The highest BCUT2D eigenvalue weighted by Gasteiger charge is 2.14. The number of benzene rings is 1. The van der Waals surface area contributed by atoms with Crippen LogP contribution in [-0.2, 0) is 11.2 Å². The molecule has 1 N–H and O–H groups in total. The summed E-state index contributed by atoms with van der Waals surface area (Å²) >= 11 is 0. The Morgan fingerprint density at radius 3 is 2.21 bits per heavy atom. The van der Waals surface area contributed by atoms with E-state index in [1.807, 2.05) is 0 Å². The van der Waals surface area contributed by atoms with Gasteiger partial charge in [-0.1, -0.05) is 30.3 Å². The van der Waals surface area contributed by atoms with Gasteiger partial charge in [0.05, 0.1) is 0 Å². The average Bonchev–Trinajstić information content (AvgIpc) is 2.15. The predicted molar refractivity (Wildman–Crippen MR) is 47.0 cm³/mol. The summed E-state index contributed by atoms with van der Waals surface area (Å²) in [6.07, 6.45) is -2.39. The number of aliphatic carboxylic acids is 1. The van der Waals surface area contributed by atoms with E-state index >= 15 is 0 Å². The Labute approximate surface area is 79.5 Å². The predicted octanol–water partition coefficient (Wildman–Crippen LogP) is 2.46. The zero-order chi connectivity index (χ0) is 10.6. The van der Waals surface area contributed by atoms with E-state index in [4.69, 9.17) is 5.11 Å². The summed E-state index contributed by atoms with van der Waals surface area (Å²) in [5, 5.41) is 8.47. The molecule has 2 nitrogen and oxygen atoms in total. The Morgan fingerprint density at radius 2 is 1.79 bits per heavy atom. The van der Waals surface area contributed by atoms with E-state index in [1.54, 1.807) is 30.3 Å². The molecule has 4 heteroatoms. The number of carboxylic acid groups (broad SMARTS) is 1. The van der Waals surface area contributed by atoms with Crippen LogP contribution in [0.3, 0.4) is 0 Å². The highest BCUT2D eigenvalue weighted by atomic mass is 19.3. The molecule has 0 fully saturated rings. The number of carboxylic acids is 1. The zero-order valence-electron chi connectivity index (χ0n) is 7.21. The van der Waals surface area contributed by atoms with E-state index < -0.39 is 17.6 Å². The van der Waals surface area contributed by atoms with Crippen LogP contribution >= 0.6 is 0 Å². The molecule has 0 heterocycles. The van der Waals surface area contributed by atoms with Crippen molar-refractivity contribution < 1.29 is 18.7 Å². The molecule has 0 saturated carbocycles. The normalized spacial score (nSPS) is 9.57. The molecule has 0 spiro atoms. The highest BCUT2D eigenvalue weighted by molar-refractivity contribution is 5.87. The Balaban J connectivity index is 2.87. The molecule has 1 rings (SSSR count). The van der Waals surface area contributed by atoms with Gasteiger partial charge in [0.1, 0.15) is 5.57 Å². The van der Waals surface area contributed by atoms with Crippen LogP contribution in [0.15, 0.2) is 42.0 Å². The molecule has 74 valence electrons. The van der Waals surface area contributed by atoms with Crippen molar-refractivity contribution in [1.82, 2.24) is 0 Å². The van der Waals surface area contributed by atoms with Gasteiger partial charge in [0, 0.05) is 6.42 Å². The highest BCUT2D eigenvalue weighted by Crippen LogP contribution is 2.14. The van der Waals surface area contributed by atoms with E-state index in [9.17, 15) is 13.6 Å². The van der Waals surface area contributed by atoms with Crippen LogP contribution in [0, 0.1) is 0 Å². The maximum atomic E-state index is 12.1. The van der Waals surface area contributed by atoms with E-state index in [0.29, 0.717) is 5.56 Å². The van der Waals surface area contributed by atoms with Gasteiger partial charge in [0.2, 0.25) is 0 Å². The van der Waals surface area contributed by atoms with Gasteiger partial charge in [-0.05, 0) is 5.56 Å². The van der Waals surface area contributed by atoms with Crippen LogP contribution in [0.4, 0.5) is 8.78 Å². The maximum absolute atomic E-state index is 12.1. The molecule has 1 aromatic rings. The van der Waals surface area contributed by atoms with Crippen molar-refractivity contribution in [3.8, 4) is 0 Å². The van der Waals surface area contributed by atoms with Crippen LogP contribution < -0.4 is 0 Å². The van der Waals surface area contributed by atoms with Crippen LogP contribution in [0.5, 0.6) is 0 Å². The van der Waals surface area contributed by atoms with E-state index in [-0.39, 0.29) is 6.42 Å². The topological polar surface area (TPSA) is 37.3 Å². The molecular weight excluding hydrogens is 190 g/mol. The number of hydrogen-bond donors (Lipinski definition) is 1. The van der Waals surface area contributed by atoms with Gasteiger partial charge in [0.25, 0.3) is 6.08 Å². The van der Waals surface area contributed by atoms with Gasteiger partial charge in [0.15, 0.2) is 0 Å². The van der Waals surface area contributed by atoms with Crippen molar-refractivity contribution in [2.24, 2.45) is 0 Å². The number of rotatable bonds is 3. The third-order valence-corrected chi connectivity index (χ3v) is 1.71. The minimum atomic E-state index is -2.14. The van der Waals surface area contributed by atoms with E-state index in [0.717, 1.165) is 0 Å². The third kappa shape index (κ3) is 2.65. The monoisotopic (exact) mass is 198 g/mol. The first-order valence-corrected chi connectivity index (χ1v) is 3.92. The van der Waals surface area contributed by atoms with E-state index in [1.165, 1.54) is 0 Å². The minimum Gasteiger partial charge on any atom is -0.478 e. The van der Waals surface area contributed by atoms with Gasteiger partial charge in [-0.15, -0.1) is 0 Å². The molecule has 0 bridgehead atoms. The van der Waals surface area contributed by atoms with E-state index in [2.05, 4.69) is 0 Å². The lowest BCUT2D eigenvalue weighted by molar-refractivity contribution is -0.133. The van der Waals surface area contributed by atoms with Crippen LogP contribution in [0.2, 0.25) is 0 Å². The Bertz CT molecular complexity index is 354. The fourth-order valence-electron chi connectivity index (χ4n) is 1.02. The SMILES string of the molecule is O=C(O)C(Cc1ccccc1)=C(F)F. The summed E-state index contributed by atoms with van der Waals surface area (Å²) in [6, 6.07) is 8.28. The smallest absolute Gasteiger partial charge is 0.337 e. The molecular formula is C10H8F2O2. The van der Waals surface area contributed by atoms with Crippen molar-refractivity contribution in [2.75, 3.05) is 0 Å². The second-order valence-electron chi connectivity index (χ2n) is 2.71. The fraction of sp³-hybridized carbons (Fsp3) is 0.100. The molecule has 0 aliphatic heterocycles. The van der Waals surface area contributed by atoms with Gasteiger partial charge >= 0.3 is 5.97 Å². The Morgan fingerprint density at radius 1 is 1.21 bits per heavy atom. The molecule has 0 saturated heterocycles. The largest absolute Gasteiger partial charge is 0.478 e. The molecule has 0 aliphatic carbocycles. The van der Waals surface area contributed by atoms with Crippen molar-refractivity contribution in [3.63, 3.8) is 0 Å². The maximum Gasteiger partial charge on any atom is 0.337 e. The van der Waals surface area contributed by atoms with Gasteiger partial charge in [-0.2, -0.15) is 8.78 Å². The van der Waals surface area contributed by atoms with Gasteiger partial charge < -0.3 is 5.11 Å². The average molecular weight is 198 g/mol. The molecule has 0 atom stereocenters. The van der Waals surface area contributed by atoms with Crippen molar-refractivity contribution in [1.29, 1.82) is 0 Å². The summed E-state index contributed by atoms with van der Waals surface area (Å²) in [5.74, 6) is -1.58. The second-order valence-corrected chi connectivity index (χ2v) is 2.71. The minimum absolute atomic E-state index is 0.251. The third-order valence-electron chi connectivity index (χ3n) is 1.71. The molecule has 0 aliphatic rings. The summed E-state index contributed by atoms with van der Waals surface area (Å²) in [4.78, 5) is 10.4. The number of halogens is 2. The van der Waals surface area contributed by atoms with Crippen molar-refractivity contribution >= 4 is 5.97 Å². The molecule has 0 radical (unpaired) electrons. The zero-order valence-corrected chi connectivity index (χ0v) is 7.21. The van der Waals surface area contributed by atoms with Crippen molar-refractivity contribution in [3.05, 3.63) is 47.5 Å². The van der Waals surface area contributed by atoms with Gasteiger partial charge in [-0.3, -0.25) is 0 Å². The molecule has 0 unspecified atom stereocenters. The first kappa shape index (κ1) is 10.4. The van der Waals surface area contributed by atoms with Gasteiger partial charge in [-0.25, -0.2) is 4.79 Å². The molecule has 14 heavy (non-hydrogen) atoms. The second kappa shape index (κ2) is 4.50. The lowest BCUT2D eigenvalue weighted by atomic mass is 10.1. The molecule has 1 aromatic carbocycles. The van der Waals surface area contributed by atoms with Crippen molar-refractivity contribution in [2.45, 2.75) is 6.42 Å². The Kier molecular flexibility index (Phi) is 3.34. The lowest BCUT2D eigenvalue weighted by Crippen LogP contribution is -2.04. The quantitative estimate of drug-likeness (QED) is 0.757. The summed E-state index contributed by atoms with van der Waals surface area (Å²) in [5.41, 5.74) is -0.297. The fourth-order valence-corrected chi connectivity index (χ4v) is 1.02. The standard InChI is InChI=1S/C10H8F2O2/c11-9(12)8(10(13)14)6-7-4-2-1-3-5-7/h1-5H,6H2,(H,13,14). The van der Waals surface area contributed by atoms with Crippen LogP contribution in [0.1, 0.15) is 5.56 Å². The number of carbonyl (C=O) groups is 1. The first-order valence-electron chi connectivity index (χ1n) is 3.92. The van der Waals surface area contributed by atoms with Crippen LogP contribution in [0.25, 0.3) is 0 Å². The summed E-state index contributed by atoms with van der Waals surface area (Å²) < 4.78 is 24.3. The lowest BCUT2D eigenvalue weighted by Gasteiger charge is -2.00. The first-order chi connectivity index (χ1) is 6.61. The summed E-state index contributed by atoms with van der Waals surface area (Å²) in [6.45, 7) is 0. The van der Waals surface area contributed by atoms with Crippen LogP contribution in [-0.4, -0.2) is 11.1 Å². The Hall–Kier alpha value is -1.71. The summed E-state index contributed by atoms with van der Waals surface area (Å²) in [7, 11) is 0. The molecule has 0 aromatic heterocycles.